The summed E-state index contributed by atoms with van der Waals surface area (Å²) in [6, 6.07) is 0. The molecule has 0 heterocycles. The van der Waals surface area contributed by atoms with E-state index in [0.717, 1.165) is 64.2 Å². The van der Waals surface area contributed by atoms with Crippen LogP contribution in [0.3, 0.4) is 0 Å². The molecule has 312 valence electrons. The van der Waals surface area contributed by atoms with E-state index in [1.807, 2.05) is 27.2 Å². The maximum Gasteiger partial charge on any atom is 0.306 e. The lowest BCUT2D eigenvalue weighted by atomic mass is 10.1. The zero-order chi connectivity index (χ0) is 40.0. The molecule has 0 spiro atoms. The van der Waals surface area contributed by atoms with Gasteiger partial charge in [0.15, 0.2) is 6.10 Å². The van der Waals surface area contributed by atoms with Crippen molar-refractivity contribution in [2.45, 2.75) is 161 Å². The fourth-order valence-corrected chi connectivity index (χ4v) is 5.90. The van der Waals surface area contributed by atoms with Crippen molar-refractivity contribution < 1.29 is 42.1 Å². The number of hydrogen-bond donors (Lipinski definition) is 0. The maximum absolute atomic E-state index is 12.6. The number of quaternary nitrogens is 1. The highest BCUT2D eigenvalue weighted by Gasteiger charge is 2.21. The molecule has 10 heteroatoms. The molecule has 0 aliphatic rings. The van der Waals surface area contributed by atoms with E-state index >= 15 is 0 Å². The van der Waals surface area contributed by atoms with E-state index in [9.17, 15) is 19.0 Å². The van der Waals surface area contributed by atoms with Gasteiger partial charge in [-0.1, -0.05) is 126 Å². The van der Waals surface area contributed by atoms with Crippen LogP contribution in [-0.2, 0) is 32.7 Å². The summed E-state index contributed by atoms with van der Waals surface area (Å²) in [5.74, 6) is -0.916. The van der Waals surface area contributed by atoms with Crippen LogP contribution in [0.15, 0.2) is 60.8 Å². The van der Waals surface area contributed by atoms with Gasteiger partial charge in [-0.15, -0.1) is 0 Å². The third-order valence-corrected chi connectivity index (χ3v) is 9.47. The Morgan fingerprint density at radius 3 is 1.59 bits per heavy atom. The number of ether oxygens (including phenoxy) is 2. The molecular formula is C44H78NO8P. The molecular weight excluding hydrogens is 701 g/mol. The van der Waals surface area contributed by atoms with Gasteiger partial charge >= 0.3 is 11.9 Å². The number of phosphoric acid groups is 1. The normalized spacial score (nSPS) is 14.3. The standard InChI is InChI=1S/C44H78NO8P/c1-6-8-10-12-14-16-18-20-21-22-23-25-26-28-30-32-34-36-43(46)50-40-42(41-52-54(48,49)51-39-38-45(3,4)5)53-44(47)37-35-33-31-29-27-24-19-17-15-13-11-9-7-2/h14,16-17,19-21,23,25,28,30,42H,6-13,15,18,22,24,26-27,29,31-41H2,1-5H3/b16-14+,19-17+,21-20+,25-23+,30-28+/t42-/m1/s1. The Labute approximate surface area is 330 Å². The Balaban J connectivity index is 4.50. The number of esters is 2. The average Bonchev–Trinajstić information content (AvgIpc) is 3.12. The smallest absolute Gasteiger partial charge is 0.306 e. The van der Waals surface area contributed by atoms with E-state index in [0.29, 0.717) is 23.9 Å². The number of carbonyl (C=O) groups excluding carboxylic acids is 2. The summed E-state index contributed by atoms with van der Waals surface area (Å²) in [5, 5.41) is 0. The monoisotopic (exact) mass is 780 g/mol. The van der Waals surface area contributed by atoms with E-state index in [1.54, 1.807) is 0 Å². The van der Waals surface area contributed by atoms with Crippen molar-refractivity contribution in [2.24, 2.45) is 0 Å². The predicted octanol–water partition coefficient (Wildman–Crippen LogP) is 11.1. The van der Waals surface area contributed by atoms with Crippen LogP contribution in [0.25, 0.3) is 0 Å². The minimum absolute atomic E-state index is 0.0432. The molecule has 0 saturated heterocycles. The van der Waals surface area contributed by atoms with Gasteiger partial charge in [-0.05, 0) is 77.0 Å². The number of likely N-dealkylation sites (N-methyl/N-ethyl adjacent to an activating group) is 1. The second kappa shape index (κ2) is 36.4. The van der Waals surface area contributed by atoms with Gasteiger partial charge in [0, 0.05) is 12.8 Å². The number of hydrogen-bond acceptors (Lipinski definition) is 8. The van der Waals surface area contributed by atoms with Crippen LogP contribution >= 0.6 is 7.82 Å². The number of rotatable bonds is 37. The lowest BCUT2D eigenvalue weighted by molar-refractivity contribution is -0.870. The molecule has 0 aliphatic carbocycles. The molecule has 0 bridgehead atoms. The highest BCUT2D eigenvalue weighted by Crippen LogP contribution is 2.38. The van der Waals surface area contributed by atoms with Gasteiger partial charge in [0.2, 0.25) is 0 Å². The molecule has 0 aromatic heterocycles. The molecule has 0 aromatic carbocycles. The van der Waals surface area contributed by atoms with E-state index in [1.165, 1.54) is 51.4 Å². The minimum Gasteiger partial charge on any atom is -0.756 e. The molecule has 2 atom stereocenters. The number of nitrogens with zero attached hydrogens (tertiary/aromatic N) is 1. The molecule has 0 N–H and O–H groups in total. The third kappa shape index (κ3) is 39.4. The fourth-order valence-electron chi connectivity index (χ4n) is 5.17. The second-order valence-electron chi connectivity index (χ2n) is 15.0. The van der Waals surface area contributed by atoms with Crippen LogP contribution in [-0.4, -0.2) is 70.0 Å². The first kappa shape index (κ1) is 51.7. The van der Waals surface area contributed by atoms with Gasteiger partial charge in [0.05, 0.1) is 27.7 Å². The average molecular weight is 780 g/mol. The lowest BCUT2D eigenvalue weighted by Crippen LogP contribution is -2.37. The lowest BCUT2D eigenvalue weighted by Gasteiger charge is -2.28. The molecule has 9 nitrogen and oxygen atoms in total. The van der Waals surface area contributed by atoms with E-state index in [-0.39, 0.29) is 26.1 Å². The summed E-state index contributed by atoms with van der Waals surface area (Å²) in [7, 11) is 1.12. The maximum atomic E-state index is 12.6. The Bertz CT molecular complexity index is 1110. The first-order valence-corrected chi connectivity index (χ1v) is 22.5. The first-order chi connectivity index (χ1) is 26.0. The van der Waals surface area contributed by atoms with Gasteiger partial charge in [0.25, 0.3) is 7.82 Å². The molecule has 1 unspecified atom stereocenters. The summed E-state index contributed by atoms with van der Waals surface area (Å²) >= 11 is 0. The molecule has 0 rings (SSSR count). The molecule has 0 saturated carbocycles. The Morgan fingerprint density at radius 2 is 1.02 bits per heavy atom. The van der Waals surface area contributed by atoms with Gasteiger partial charge < -0.3 is 27.9 Å². The Hall–Kier alpha value is -2.29. The van der Waals surface area contributed by atoms with Crippen molar-refractivity contribution in [3.63, 3.8) is 0 Å². The summed E-state index contributed by atoms with van der Waals surface area (Å²) in [4.78, 5) is 37.4. The quantitative estimate of drug-likeness (QED) is 0.0201. The number of phosphoric ester groups is 1. The van der Waals surface area contributed by atoms with E-state index in [4.69, 9.17) is 18.5 Å². The summed E-state index contributed by atoms with van der Waals surface area (Å²) < 4.78 is 33.8. The largest absolute Gasteiger partial charge is 0.756 e. The van der Waals surface area contributed by atoms with Crippen molar-refractivity contribution in [1.82, 2.24) is 0 Å². The van der Waals surface area contributed by atoms with Crippen LogP contribution in [0.1, 0.15) is 155 Å². The first-order valence-electron chi connectivity index (χ1n) is 21.0. The highest BCUT2D eigenvalue weighted by molar-refractivity contribution is 7.45. The van der Waals surface area contributed by atoms with Crippen molar-refractivity contribution in [1.29, 1.82) is 0 Å². The molecule has 0 aliphatic heterocycles. The summed E-state index contributed by atoms with van der Waals surface area (Å²) in [5.41, 5.74) is 0. The van der Waals surface area contributed by atoms with Crippen LogP contribution in [0, 0.1) is 0 Å². The zero-order valence-corrected chi connectivity index (χ0v) is 35.8. The molecule has 0 amide bonds. The van der Waals surface area contributed by atoms with Crippen LogP contribution in [0.5, 0.6) is 0 Å². The van der Waals surface area contributed by atoms with Gasteiger partial charge in [-0.25, -0.2) is 0 Å². The summed E-state index contributed by atoms with van der Waals surface area (Å²) in [6.07, 6.45) is 42.5. The van der Waals surface area contributed by atoms with Crippen molar-refractivity contribution in [3.05, 3.63) is 60.8 Å². The third-order valence-electron chi connectivity index (χ3n) is 8.51. The van der Waals surface area contributed by atoms with Crippen LogP contribution in [0.4, 0.5) is 0 Å². The number of unbranched alkanes of at least 4 members (excludes halogenated alkanes) is 13. The SMILES string of the molecule is CCCCC/C=C/C/C=C/C/C=C/C/C=C/CCCC(=O)OC[C@H](COP(=O)([O-])OCC[N+](C)(C)C)OC(=O)CCCCCCC/C=C/CCCCCC. The number of carbonyl (C=O) groups is 2. The zero-order valence-electron chi connectivity index (χ0n) is 34.9. The topological polar surface area (TPSA) is 111 Å². The number of allylic oxidation sites excluding steroid dienone is 10. The molecule has 0 radical (unpaired) electrons. The van der Waals surface area contributed by atoms with Crippen molar-refractivity contribution in [3.8, 4) is 0 Å². The van der Waals surface area contributed by atoms with Gasteiger partial charge in [-0.3, -0.25) is 14.2 Å². The van der Waals surface area contributed by atoms with E-state index in [2.05, 4.69) is 68.5 Å². The van der Waals surface area contributed by atoms with Crippen molar-refractivity contribution in [2.75, 3.05) is 47.5 Å². The van der Waals surface area contributed by atoms with Gasteiger partial charge in [-0.2, -0.15) is 0 Å². The Morgan fingerprint density at radius 1 is 0.574 bits per heavy atom. The fraction of sp³-hybridized carbons (Fsp3) is 0.727. The Kier molecular flexibility index (Phi) is 34.8. The van der Waals surface area contributed by atoms with E-state index < -0.39 is 32.5 Å². The van der Waals surface area contributed by atoms with Gasteiger partial charge in [0.1, 0.15) is 19.8 Å². The van der Waals surface area contributed by atoms with Crippen molar-refractivity contribution >= 4 is 19.8 Å². The molecule has 0 fully saturated rings. The highest BCUT2D eigenvalue weighted by atomic mass is 31.2. The summed E-state index contributed by atoms with van der Waals surface area (Å²) in [6.45, 7) is 4.09. The predicted molar refractivity (Wildman–Crippen MR) is 222 cm³/mol. The minimum atomic E-state index is -4.64. The molecule has 0 aromatic rings. The molecule has 54 heavy (non-hydrogen) atoms. The second-order valence-corrected chi connectivity index (χ2v) is 16.4. The van der Waals surface area contributed by atoms with Crippen LogP contribution in [0.2, 0.25) is 0 Å². The van der Waals surface area contributed by atoms with Crippen LogP contribution < -0.4 is 4.89 Å².